The Labute approximate surface area is 176 Å². The normalized spacial score (nSPS) is 20.8. The third-order valence-corrected chi connectivity index (χ3v) is 6.39. The molecule has 1 aliphatic heterocycles. The molecule has 0 aliphatic carbocycles. The van der Waals surface area contributed by atoms with Crippen LogP contribution in [0, 0.1) is 0 Å². The molecule has 0 bridgehead atoms. The molecule has 0 unspecified atom stereocenters. The quantitative estimate of drug-likeness (QED) is 0.649. The minimum Gasteiger partial charge on any atom is -0.468 e. The van der Waals surface area contributed by atoms with Gasteiger partial charge in [-0.1, -0.05) is 36.4 Å². The lowest BCUT2D eigenvalue weighted by Crippen LogP contribution is -2.63. The van der Waals surface area contributed by atoms with E-state index in [9.17, 15) is 9.59 Å². The third kappa shape index (κ3) is 5.65. The smallest absolute Gasteiger partial charge is 0.327 e. The van der Waals surface area contributed by atoms with E-state index in [1.54, 1.807) is 11.3 Å². The zero-order valence-electron chi connectivity index (χ0n) is 17.0. The van der Waals surface area contributed by atoms with Crippen LogP contribution in [-0.4, -0.2) is 49.1 Å². The van der Waals surface area contributed by atoms with Crippen molar-refractivity contribution in [2.24, 2.45) is 0 Å². The van der Waals surface area contributed by atoms with Crippen LogP contribution in [0.2, 0.25) is 0 Å². The fourth-order valence-electron chi connectivity index (χ4n) is 3.85. The maximum atomic E-state index is 12.7. The summed E-state index contributed by atoms with van der Waals surface area (Å²) in [5, 5.41) is 8.21. The third-order valence-electron chi connectivity index (χ3n) is 5.33. The van der Waals surface area contributed by atoms with Crippen LogP contribution in [-0.2, 0) is 20.9 Å². The van der Waals surface area contributed by atoms with Crippen LogP contribution in [0.5, 0.6) is 0 Å². The molecule has 29 heavy (non-hydrogen) atoms. The van der Waals surface area contributed by atoms with Gasteiger partial charge >= 0.3 is 5.97 Å². The molecule has 0 saturated carbocycles. The van der Waals surface area contributed by atoms with E-state index in [2.05, 4.69) is 27.7 Å². The van der Waals surface area contributed by atoms with Gasteiger partial charge in [0.15, 0.2) is 0 Å². The Hall–Kier alpha value is -2.22. The fourth-order valence-corrected chi connectivity index (χ4v) is 4.58. The molecule has 0 radical (unpaired) electrons. The maximum Gasteiger partial charge on any atom is 0.327 e. The molecule has 1 saturated heterocycles. The standard InChI is InChI=1S/C22H29N3O3S/c1-17(19-10-6-13-29-19)24-20(26)14-23-22(21(27)28-2)11-7-12-25(16-22)15-18-8-4-3-5-9-18/h3-6,8-10,13,17,23H,7,11-12,14-16H2,1-2H3,(H,24,26)/t17-,22+/m0/s1. The van der Waals surface area contributed by atoms with Gasteiger partial charge in [-0.15, -0.1) is 11.3 Å². The molecule has 3 rings (SSSR count). The lowest BCUT2D eigenvalue weighted by molar-refractivity contribution is -0.151. The number of ether oxygens (including phenoxy) is 1. The van der Waals surface area contributed by atoms with Crippen LogP contribution in [0.3, 0.4) is 0 Å². The number of hydrogen-bond donors (Lipinski definition) is 2. The van der Waals surface area contributed by atoms with Crippen LogP contribution in [0.25, 0.3) is 0 Å². The zero-order valence-corrected chi connectivity index (χ0v) is 17.8. The Balaban J connectivity index is 1.61. The van der Waals surface area contributed by atoms with Crippen molar-refractivity contribution in [3.05, 3.63) is 58.3 Å². The number of nitrogens with one attached hydrogen (secondary N) is 2. The van der Waals surface area contributed by atoms with Gasteiger partial charge in [-0.3, -0.25) is 19.8 Å². The molecule has 2 atom stereocenters. The second kappa shape index (κ2) is 10.0. The zero-order chi connectivity index (χ0) is 20.7. The molecule has 1 aromatic carbocycles. The highest BCUT2D eigenvalue weighted by molar-refractivity contribution is 7.10. The summed E-state index contributed by atoms with van der Waals surface area (Å²) in [4.78, 5) is 28.5. The van der Waals surface area contributed by atoms with E-state index in [-0.39, 0.29) is 24.5 Å². The second-order valence-electron chi connectivity index (χ2n) is 7.53. The number of piperidine rings is 1. The molecular formula is C22H29N3O3S. The minimum atomic E-state index is -0.870. The molecule has 2 N–H and O–H groups in total. The Kier molecular flexibility index (Phi) is 7.41. The van der Waals surface area contributed by atoms with Crippen LogP contribution in [0.4, 0.5) is 0 Å². The molecule has 6 nitrogen and oxygen atoms in total. The number of thiophene rings is 1. The van der Waals surface area contributed by atoms with Gasteiger partial charge in [0.05, 0.1) is 19.7 Å². The first-order valence-electron chi connectivity index (χ1n) is 9.95. The molecule has 2 aromatic rings. The van der Waals surface area contributed by atoms with Gasteiger partial charge in [0.1, 0.15) is 5.54 Å². The monoisotopic (exact) mass is 415 g/mol. The molecular weight excluding hydrogens is 386 g/mol. The second-order valence-corrected chi connectivity index (χ2v) is 8.51. The summed E-state index contributed by atoms with van der Waals surface area (Å²) in [6.07, 6.45) is 1.51. The number of methoxy groups -OCH3 is 1. The van der Waals surface area contributed by atoms with Crippen LogP contribution in [0.1, 0.15) is 36.2 Å². The van der Waals surface area contributed by atoms with E-state index in [1.165, 1.54) is 12.7 Å². The molecule has 2 heterocycles. The highest BCUT2D eigenvalue weighted by Crippen LogP contribution is 2.24. The highest BCUT2D eigenvalue weighted by atomic mass is 32.1. The Bertz CT molecular complexity index is 797. The molecule has 1 aromatic heterocycles. The predicted molar refractivity (Wildman–Crippen MR) is 115 cm³/mol. The van der Waals surface area contributed by atoms with Crippen LogP contribution in [0.15, 0.2) is 47.8 Å². The highest BCUT2D eigenvalue weighted by Gasteiger charge is 2.43. The van der Waals surface area contributed by atoms with E-state index < -0.39 is 5.54 Å². The molecule has 156 valence electrons. The van der Waals surface area contributed by atoms with Crippen molar-refractivity contribution in [2.45, 2.75) is 37.9 Å². The van der Waals surface area contributed by atoms with E-state index in [4.69, 9.17) is 4.74 Å². The van der Waals surface area contributed by atoms with E-state index in [0.717, 1.165) is 24.4 Å². The molecule has 7 heteroatoms. The van der Waals surface area contributed by atoms with Crippen molar-refractivity contribution in [3.8, 4) is 0 Å². The molecule has 1 fully saturated rings. The summed E-state index contributed by atoms with van der Waals surface area (Å²) < 4.78 is 5.11. The van der Waals surface area contributed by atoms with Gasteiger partial charge < -0.3 is 10.1 Å². The van der Waals surface area contributed by atoms with Gasteiger partial charge in [0.2, 0.25) is 5.91 Å². The number of benzene rings is 1. The number of nitrogens with zero attached hydrogens (tertiary/aromatic N) is 1. The van der Waals surface area contributed by atoms with Gasteiger partial charge in [-0.2, -0.15) is 0 Å². The lowest BCUT2D eigenvalue weighted by atomic mass is 9.88. The maximum absolute atomic E-state index is 12.7. The van der Waals surface area contributed by atoms with Crippen molar-refractivity contribution in [3.63, 3.8) is 0 Å². The summed E-state index contributed by atoms with van der Waals surface area (Å²) in [6, 6.07) is 14.1. The summed E-state index contributed by atoms with van der Waals surface area (Å²) >= 11 is 1.61. The van der Waals surface area contributed by atoms with Crippen molar-refractivity contribution in [1.29, 1.82) is 0 Å². The van der Waals surface area contributed by atoms with Gasteiger partial charge in [0, 0.05) is 18.0 Å². The Morgan fingerprint density at radius 3 is 2.72 bits per heavy atom. The predicted octanol–water partition coefficient (Wildman–Crippen LogP) is 2.72. The van der Waals surface area contributed by atoms with Gasteiger partial charge in [-0.25, -0.2) is 0 Å². The number of likely N-dealkylation sites (tertiary alicyclic amines) is 1. The number of carbonyl (C=O) groups excluding carboxylic acids is 2. The van der Waals surface area contributed by atoms with Crippen molar-refractivity contribution in [2.75, 3.05) is 26.7 Å². The fraction of sp³-hybridized carbons (Fsp3) is 0.455. The van der Waals surface area contributed by atoms with Crippen molar-refractivity contribution in [1.82, 2.24) is 15.5 Å². The van der Waals surface area contributed by atoms with Crippen molar-refractivity contribution >= 4 is 23.2 Å². The van der Waals surface area contributed by atoms with Gasteiger partial charge in [-0.05, 0) is 43.3 Å². The molecule has 1 amide bonds. The number of esters is 1. The SMILES string of the molecule is COC(=O)[C@@]1(NCC(=O)N[C@@H](C)c2cccs2)CCCN(Cc2ccccc2)C1. The average Bonchev–Trinajstić information content (AvgIpc) is 3.28. The average molecular weight is 416 g/mol. The van der Waals surface area contributed by atoms with Crippen LogP contribution >= 0.6 is 11.3 Å². The Morgan fingerprint density at radius 1 is 1.24 bits per heavy atom. The summed E-state index contributed by atoms with van der Waals surface area (Å²) in [7, 11) is 1.40. The Morgan fingerprint density at radius 2 is 2.03 bits per heavy atom. The van der Waals surface area contributed by atoms with E-state index in [1.807, 2.05) is 42.6 Å². The van der Waals surface area contributed by atoms with Gasteiger partial charge in [0.25, 0.3) is 0 Å². The first-order valence-corrected chi connectivity index (χ1v) is 10.8. The first kappa shape index (κ1) is 21.5. The topological polar surface area (TPSA) is 70.7 Å². The lowest BCUT2D eigenvalue weighted by Gasteiger charge is -2.41. The molecule has 1 aliphatic rings. The summed E-state index contributed by atoms with van der Waals surface area (Å²) in [5.41, 5.74) is 0.335. The summed E-state index contributed by atoms with van der Waals surface area (Å²) in [6.45, 7) is 4.23. The molecule has 0 spiro atoms. The minimum absolute atomic E-state index is 0.0562. The number of carbonyl (C=O) groups is 2. The first-order chi connectivity index (χ1) is 14.0. The van der Waals surface area contributed by atoms with Crippen LogP contribution < -0.4 is 10.6 Å². The number of hydrogen-bond acceptors (Lipinski definition) is 6. The van der Waals surface area contributed by atoms with E-state index >= 15 is 0 Å². The largest absolute Gasteiger partial charge is 0.468 e. The van der Waals surface area contributed by atoms with E-state index in [0.29, 0.717) is 13.0 Å². The number of amides is 1. The number of rotatable bonds is 8. The summed E-state index contributed by atoms with van der Waals surface area (Å²) in [5.74, 6) is -0.441. The van der Waals surface area contributed by atoms with Crippen molar-refractivity contribution < 1.29 is 14.3 Å².